The van der Waals surface area contributed by atoms with Crippen LogP contribution in [-0.4, -0.2) is 40.3 Å². The van der Waals surface area contributed by atoms with Crippen molar-refractivity contribution in [3.05, 3.63) is 16.6 Å². The highest BCUT2D eigenvalue weighted by atomic mass is 79.9. The van der Waals surface area contributed by atoms with Crippen LogP contribution in [0.2, 0.25) is 0 Å². The Balaban J connectivity index is 2.45. The van der Waals surface area contributed by atoms with Gasteiger partial charge >= 0.3 is 0 Å². The molecule has 0 radical (unpaired) electrons. The molecule has 20 heavy (non-hydrogen) atoms. The molecule has 0 N–H and O–H groups in total. The van der Waals surface area contributed by atoms with Crippen LogP contribution in [-0.2, 0) is 14.9 Å². The summed E-state index contributed by atoms with van der Waals surface area (Å²) >= 11 is 3.26. The first-order valence-electron chi connectivity index (χ1n) is 6.08. The van der Waals surface area contributed by atoms with Gasteiger partial charge in [-0.3, -0.25) is 4.84 Å². The van der Waals surface area contributed by atoms with Gasteiger partial charge in [-0.2, -0.15) is 0 Å². The van der Waals surface area contributed by atoms with Crippen molar-refractivity contribution in [2.75, 3.05) is 27.4 Å². The van der Waals surface area contributed by atoms with Crippen molar-refractivity contribution in [3.8, 4) is 11.5 Å². The van der Waals surface area contributed by atoms with Crippen molar-refractivity contribution in [3.63, 3.8) is 0 Å². The molecule has 0 spiro atoms. The Bertz CT molecular complexity index is 584. The standard InChI is InChI=1S/C12H16BrNO5S/c1-17-10-7-9(13)12(8-11(10)18-2)20(15,16)14-5-3-4-6-19-14/h7-8H,3-6H2,1-2H3. The highest BCUT2D eigenvalue weighted by molar-refractivity contribution is 9.10. The molecule has 1 saturated heterocycles. The number of hydrogen-bond acceptors (Lipinski definition) is 5. The van der Waals surface area contributed by atoms with E-state index in [2.05, 4.69) is 15.9 Å². The normalized spacial score (nSPS) is 16.9. The number of hydrogen-bond donors (Lipinski definition) is 0. The summed E-state index contributed by atoms with van der Waals surface area (Å²) < 4.78 is 36.8. The van der Waals surface area contributed by atoms with Gasteiger partial charge in [0.25, 0.3) is 10.0 Å². The summed E-state index contributed by atoms with van der Waals surface area (Å²) in [7, 11) is -0.771. The maximum atomic E-state index is 12.6. The fourth-order valence-electron chi connectivity index (χ4n) is 1.91. The molecule has 2 rings (SSSR count). The minimum atomic E-state index is -3.72. The Hall–Kier alpha value is -0.830. The summed E-state index contributed by atoms with van der Waals surface area (Å²) in [6, 6.07) is 2.99. The van der Waals surface area contributed by atoms with Crippen LogP contribution in [0.5, 0.6) is 11.5 Å². The molecule has 1 aliphatic rings. The zero-order chi connectivity index (χ0) is 14.8. The van der Waals surface area contributed by atoms with Gasteiger partial charge in [0.05, 0.1) is 20.8 Å². The van der Waals surface area contributed by atoms with Gasteiger partial charge in [-0.15, -0.1) is 0 Å². The summed E-state index contributed by atoms with van der Waals surface area (Å²) in [5.74, 6) is 0.809. The Labute approximate surface area is 126 Å². The Kier molecular flexibility index (Phi) is 4.90. The summed E-state index contributed by atoms with van der Waals surface area (Å²) in [5.41, 5.74) is 0. The van der Waals surface area contributed by atoms with Crippen molar-refractivity contribution < 1.29 is 22.7 Å². The highest BCUT2D eigenvalue weighted by Crippen LogP contribution is 2.37. The van der Waals surface area contributed by atoms with E-state index in [9.17, 15) is 8.42 Å². The lowest BCUT2D eigenvalue weighted by Gasteiger charge is -2.26. The van der Waals surface area contributed by atoms with Crippen molar-refractivity contribution >= 4 is 26.0 Å². The van der Waals surface area contributed by atoms with E-state index in [1.807, 2.05) is 0 Å². The molecule has 1 aliphatic heterocycles. The number of nitrogens with zero attached hydrogens (tertiary/aromatic N) is 1. The molecule has 0 unspecified atom stereocenters. The predicted octanol–water partition coefficient (Wildman–Crippen LogP) is 2.18. The maximum absolute atomic E-state index is 12.6. The molecule has 112 valence electrons. The van der Waals surface area contributed by atoms with Crippen molar-refractivity contribution in [1.82, 2.24) is 4.47 Å². The third-order valence-electron chi connectivity index (χ3n) is 2.95. The van der Waals surface area contributed by atoms with Gasteiger partial charge in [0, 0.05) is 17.1 Å². The van der Waals surface area contributed by atoms with Gasteiger partial charge in [0.15, 0.2) is 11.5 Å². The van der Waals surface area contributed by atoms with E-state index in [0.717, 1.165) is 17.3 Å². The smallest absolute Gasteiger partial charge is 0.266 e. The molecule has 1 fully saturated rings. The van der Waals surface area contributed by atoms with Crippen molar-refractivity contribution in [1.29, 1.82) is 0 Å². The highest BCUT2D eigenvalue weighted by Gasteiger charge is 2.30. The molecule has 0 atom stereocenters. The maximum Gasteiger partial charge on any atom is 0.266 e. The molecule has 0 amide bonds. The fraction of sp³-hybridized carbons (Fsp3) is 0.500. The summed E-state index contributed by atoms with van der Waals surface area (Å²) in [4.78, 5) is 5.33. The van der Waals surface area contributed by atoms with E-state index in [-0.39, 0.29) is 4.90 Å². The molecule has 0 bridgehead atoms. The topological polar surface area (TPSA) is 65.1 Å². The third kappa shape index (κ3) is 2.93. The molecule has 1 aromatic carbocycles. The molecular weight excluding hydrogens is 350 g/mol. The second-order valence-electron chi connectivity index (χ2n) is 4.21. The largest absolute Gasteiger partial charge is 0.493 e. The van der Waals surface area contributed by atoms with E-state index in [1.54, 1.807) is 6.07 Å². The second-order valence-corrected chi connectivity index (χ2v) is 6.86. The zero-order valence-electron chi connectivity index (χ0n) is 11.3. The zero-order valence-corrected chi connectivity index (χ0v) is 13.7. The molecule has 6 nitrogen and oxygen atoms in total. The monoisotopic (exact) mass is 365 g/mol. The van der Waals surface area contributed by atoms with Gasteiger partial charge in [0.2, 0.25) is 0 Å². The lowest BCUT2D eigenvalue weighted by molar-refractivity contribution is -0.108. The Morgan fingerprint density at radius 3 is 2.40 bits per heavy atom. The Morgan fingerprint density at radius 1 is 1.20 bits per heavy atom. The van der Waals surface area contributed by atoms with Crippen LogP contribution in [0.15, 0.2) is 21.5 Å². The van der Waals surface area contributed by atoms with E-state index < -0.39 is 10.0 Å². The average molecular weight is 366 g/mol. The van der Waals surface area contributed by atoms with E-state index in [1.165, 1.54) is 20.3 Å². The minimum absolute atomic E-state index is 0.0945. The number of halogens is 1. The van der Waals surface area contributed by atoms with Crippen LogP contribution < -0.4 is 9.47 Å². The molecular formula is C12H16BrNO5S. The second kappa shape index (κ2) is 6.30. The molecule has 0 aliphatic carbocycles. The van der Waals surface area contributed by atoms with Crippen LogP contribution in [0.4, 0.5) is 0 Å². The summed E-state index contributed by atoms with van der Waals surface area (Å²) in [5, 5.41) is 0. The van der Waals surface area contributed by atoms with E-state index in [0.29, 0.717) is 29.1 Å². The summed E-state index contributed by atoms with van der Waals surface area (Å²) in [6.45, 7) is 0.757. The molecule has 0 aromatic heterocycles. The molecule has 1 heterocycles. The van der Waals surface area contributed by atoms with Gasteiger partial charge in [-0.05, 0) is 34.8 Å². The predicted molar refractivity (Wildman–Crippen MR) is 76.3 cm³/mol. The Morgan fingerprint density at radius 2 is 1.85 bits per heavy atom. The van der Waals surface area contributed by atoms with Gasteiger partial charge in [-0.1, -0.05) is 4.47 Å². The van der Waals surface area contributed by atoms with E-state index >= 15 is 0 Å². The van der Waals surface area contributed by atoms with Crippen LogP contribution in [0.25, 0.3) is 0 Å². The quantitative estimate of drug-likeness (QED) is 0.817. The molecule has 0 saturated carbocycles. The van der Waals surface area contributed by atoms with Crippen LogP contribution >= 0.6 is 15.9 Å². The summed E-state index contributed by atoms with van der Waals surface area (Å²) in [6.07, 6.45) is 1.64. The molecule has 1 aromatic rings. The number of sulfonamides is 1. The minimum Gasteiger partial charge on any atom is -0.493 e. The van der Waals surface area contributed by atoms with Crippen LogP contribution in [0, 0.1) is 0 Å². The average Bonchev–Trinajstić information content (AvgIpc) is 2.47. The number of ether oxygens (including phenoxy) is 2. The number of rotatable bonds is 4. The molecule has 8 heteroatoms. The lowest BCUT2D eigenvalue weighted by atomic mass is 10.3. The third-order valence-corrected chi connectivity index (χ3v) is 5.59. The van der Waals surface area contributed by atoms with E-state index in [4.69, 9.17) is 14.3 Å². The van der Waals surface area contributed by atoms with Crippen LogP contribution in [0.3, 0.4) is 0 Å². The number of benzene rings is 1. The first-order chi connectivity index (χ1) is 9.50. The number of methoxy groups -OCH3 is 2. The number of hydroxylamine groups is 1. The fourth-order valence-corrected chi connectivity index (χ4v) is 4.21. The van der Waals surface area contributed by atoms with Gasteiger partial charge < -0.3 is 9.47 Å². The van der Waals surface area contributed by atoms with Gasteiger partial charge in [-0.25, -0.2) is 8.42 Å². The first kappa shape index (κ1) is 15.6. The van der Waals surface area contributed by atoms with Crippen molar-refractivity contribution in [2.24, 2.45) is 0 Å². The first-order valence-corrected chi connectivity index (χ1v) is 8.31. The SMILES string of the molecule is COc1cc(Br)c(S(=O)(=O)N2CCCCO2)cc1OC. The van der Waals surface area contributed by atoms with Crippen molar-refractivity contribution in [2.45, 2.75) is 17.7 Å². The van der Waals surface area contributed by atoms with Gasteiger partial charge in [0.1, 0.15) is 4.90 Å². The van der Waals surface area contributed by atoms with Crippen LogP contribution in [0.1, 0.15) is 12.8 Å². The lowest BCUT2D eigenvalue weighted by Crippen LogP contribution is -2.35.